The van der Waals surface area contributed by atoms with Crippen LogP contribution in [0.1, 0.15) is 65.5 Å². The molecule has 4 aromatic heterocycles. The number of rotatable bonds is 3. The molecular formula is C34H31IrN3O-2. The molecule has 6 aromatic rings. The number of hydrogen-bond donors (Lipinski definition) is 0. The van der Waals surface area contributed by atoms with Crippen LogP contribution in [0.5, 0.6) is 0 Å². The summed E-state index contributed by atoms with van der Waals surface area (Å²) in [7, 11) is 0. The molecule has 0 atom stereocenters. The molecule has 5 heteroatoms. The van der Waals surface area contributed by atoms with Gasteiger partial charge in [-0.3, -0.25) is 0 Å². The number of pyridine rings is 3. The Balaban J connectivity index is 0.000000230. The van der Waals surface area contributed by atoms with Gasteiger partial charge in [0.25, 0.3) is 0 Å². The zero-order valence-corrected chi connectivity index (χ0v) is 23.4. The van der Waals surface area contributed by atoms with Crippen LogP contribution < -0.4 is 0 Å². The molecule has 199 valence electrons. The molecule has 2 aromatic carbocycles. The molecular weight excluding hydrogens is 659 g/mol. The average molecular weight is 703 g/mol. The first kappa shape index (κ1) is 15.8. The van der Waals surface area contributed by atoms with Gasteiger partial charge in [-0.1, -0.05) is 54.9 Å². The molecule has 4 heterocycles. The normalized spacial score (nSPS) is 17.3. The van der Waals surface area contributed by atoms with Gasteiger partial charge in [0.15, 0.2) is 0 Å². The van der Waals surface area contributed by atoms with Gasteiger partial charge < -0.3 is 14.4 Å². The van der Waals surface area contributed by atoms with E-state index in [-0.39, 0.29) is 53.9 Å². The van der Waals surface area contributed by atoms with Crippen LogP contribution in [0.25, 0.3) is 44.6 Å². The summed E-state index contributed by atoms with van der Waals surface area (Å²) in [5, 5.41) is 1.56. The quantitative estimate of drug-likeness (QED) is 0.173. The van der Waals surface area contributed by atoms with E-state index in [2.05, 4.69) is 27.1 Å². The van der Waals surface area contributed by atoms with Crippen molar-refractivity contribution < 1.29 is 42.3 Å². The van der Waals surface area contributed by atoms with Crippen molar-refractivity contribution in [2.24, 2.45) is 0 Å². The summed E-state index contributed by atoms with van der Waals surface area (Å²) in [5.41, 5.74) is 3.02. The van der Waals surface area contributed by atoms with Gasteiger partial charge in [0.1, 0.15) is 0 Å². The molecule has 0 amide bonds. The molecule has 4 nitrogen and oxygen atoms in total. The maximum absolute atomic E-state index is 8.24. The van der Waals surface area contributed by atoms with Gasteiger partial charge >= 0.3 is 0 Å². The van der Waals surface area contributed by atoms with Gasteiger partial charge in [-0.15, -0.1) is 53.6 Å². The summed E-state index contributed by atoms with van der Waals surface area (Å²) in [6.45, 7) is -6.13. The molecule has 0 fully saturated rings. The van der Waals surface area contributed by atoms with Crippen molar-refractivity contribution in [3.8, 4) is 22.5 Å². The van der Waals surface area contributed by atoms with Gasteiger partial charge in [-0.25, -0.2) is 4.98 Å². The summed E-state index contributed by atoms with van der Waals surface area (Å²) >= 11 is 0. The molecule has 0 N–H and O–H groups in total. The Morgan fingerprint density at radius 3 is 2.51 bits per heavy atom. The number of aryl methyl sites for hydroxylation is 4. The molecule has 1 radical (unpaired) electrons. The second kappa shape index (κ2) is 12.0. The first-order chi connectivity index (χ1) is 23.4. The minimum Gasteiger partial charge on any atom is -0.486 e. The summed E-state index contributed by atoms with van der Waals surface area (Å²) in [4.78, 5) is 12.6. The van der Waals surface area contributed by atoms with Crippen LogP contribution in [0, 0.1) is 39.5 Å². The van der Waals surface area contributed by atoms with Crippen molar-refractivity contribution in [3.05, 3.63) is 113 Å². The van der Waals surface area contributed by atoms with Crippen LogP contribution in [-0.2, 0) is 20.1 Å². The minimum atomic E-state index is -2.61. The number of furan rings is 1. The van der Waals surface area contributed by atoms with Crippen molar-refractivity contribution in [3.63, 3.8) is 0 Å². The van der Waals surface area contributed by atoms with Gasteiger partial charge in [0.05, 0.1) is 5.58 Å². The third kappa shape index (κ3) is 6.16. The predicted octanol–water partition coefficient (Wildman–Crippen LogP) is 8.75. The summed E-state index contributed by atoms with van der Waals surface area (Å²) in [5.74, 6) is -0.754. The number of aromatic nitrogens is 3. The fourth-order valence-electron chi connectivity index (χ4n) is 3.88. The van der Waals surface area contributed by atoms with Crippen molar-refractivity contribution in [2.45, 2.75) is 47.1 Å². The average Bonchev–Trinajstić information content (AvgIpc) is 3.41. The number of nitrogens with zero attached hydrogens (tertiary/aromatic N) is 3. The van der Waals surface area contributed by atoms with E-state index in [0.29, 0.717) is 22.4 Å². The second-order valence-electron chi connectivity index (χ2n) is 8.78. The zero-order valence-electron chi connectivity index (χ0n) is 34.0. The Morgan fingerprint density at radius 2 is 1.77 bits per heavy atom. The molecule has 0 aliphatic rings. The van der Waals surface area contributed by atoms with Crippen molar-refractivity contribution in [1.29, 1.82) is 0 Å². The van der Waals surface area contributed by atoms with Crippen molar-refractivity contribution in [1.82, 2.24) is 15.0 Å². The molecule has 39 heavy (non-hydrogen) atoms. The summed E-state index contributed by atoms with van der Waals surface area (Å²) in [6, 6.07) is 21.8. The smallest absolute Gasteiger partial charge is 0.216 e. The molecule has 0 saturated carbocycles. The molecule has 0 unspecified atom stereocenters. The Kier molecular flexibility index (Phi) is 4.87. The van der Waals surface area contributed by atoms with E-state index in [1.807, 2.05) is 32.0 Å². The van der Waals surface area contributed by atoms with E-state index >= 15 is 0 Å². The van der Waals surface area contributed by atoms with Gasteiger partial charge in [0.2, 0.25) is 5.71 Å². The van der Waals surface area contributed by atoms with Crippen molar-refractivity contribution >= 4 is 22.1 Å². The van der Waals surface area contributed by atoms with E-state index in [9.17, 15) is 0 Å². The maximum Gasteiger partial charge on any atom is 0.216 e. The molecule has 0 aliphatic heterocycles. The van der Waals surface area contributed by atoms with Gasteiger partial charge in [-0.05, 0) is 61.6 Å². The van der Waals surface area contributed by atoms with Crippen molar-refractivity contribution in [2.75, 3.05) is 0 Å². The molecule has 0 spiro atoms. The molecule has 0 bridgehead atoms. The van der Waals surface area contributed by atoms with E-state index in [1.165, 1.54) is 30.3 Å². The molecule has 0 aliphatic carbocycles. The van der Waals surface area contributed by atoms with E-state index in [0.717, 1.165) is 22.5 Å². The SMILES string of the molecule is [2H]C([2H])([2H])c1c[c-]c(-c2cc(C([2H])([2H])[2H])c(C([2H])([2H])[2H])cn2)cc1.[2H]C([2H])([2H])c1ccc2c(n1)oc1c(-c3cc(C([2H])(C)C)ccn3)[c-]ccc12.[Ir]. The van der Waals surface area contributed by atoms with E-state index in [1.54, 1.807) is 18.3 Å². The number of fused-ring (bicyclic) bond motifs is 3. The standard InChI is InChI=1S/C20H17N2O.C14H14N.Ir/c1-12(2)14-9-10-21-18(11-14)17-6-4-5-15-16-8-7-13(3)22-20(16)23-19(15)17;1-10-4-6-13(7-5-10)14-8-11(2)12(3)9-15-14;/h4-5,7-12H,1-3H3;4-6,8-9H,1-3H3;/q2*-1;/i3D3,12D;1D3,2D3,3D3;. The number of hydrogen-bond acceptors (Lipinski definition) is 4. The Labute approximate surface area is 262 Å². The van der Waals surface area contributed by atoms with Crippen LogP contribution in [0.4, 0.5) is 0 Å². The van der Waals surface area contributed by atoms with Crippen LogP contribution in [0.15, 0.2) is 77.5 Å². The third-order valence-electron chi connectivity index (χ3n) is 5.88. The van der Waals surface area contributed by atoms with Gasteiger partial charge in [-0.2, -0.15) is 0 Å². The van der Waals surface area contributed by atoms with E-state index in [4.69, 9.17) is 22.2 Å². The van der Waals surface area contributed by atoms with Crippen LogP contribution >= 0.6 is 0 Å². The molecule has 6 rings (SSSR count). The Bertz CT molecular complexity index is 2200. The van der Waals surface area contributed by atoms with Crippen LogP contribution in [0.2, 0.25) is 0 Å². The monoisotopic (exact) mass is 703 g/mol. The maximum atomic E-state index is 8.24. The van der Waals surface area contributed by atoms with Gasteiger partial charge in [0, 0.05) is 61.4 Å². The minimum absolute atomic E-state index is 0. The Morgan fingerprint density at radius 1 is 0.872 bits per heavy atom. The number of benzene rings is 2. The summed E-state index contributed by atoms with van der Waals surface area (Å²) < 4.78 is 104. The van der Waals surface area contributed by atoms with Crippen LogP contribution in [0.3, 0.4) is 0 Å². The first-order valence-electron chi connectivity index (χ1n) is 18.2. The predicted molar refractivity (Wildman–Crippen MR) is 155 cm³/mol. The molecule has 0 saturated heterocycles. The fourth-order valence-corrected chi connectivity index (χ4v) is 3.88. The van der Waals surface area contributed by atoms with E-state index < -0.39 is 33.3 Å². The first-order valence-corrected chi connectivity index (χ1v) is 11.7. The second-order valence-corrected chi connectivity index (χ2v) is 8.78. The summed E-state index contributed by atoms with van der Waals surface area (Å²) in [6.07, 6.45) is 2.69. The topological polar surface area (TPSA) is 51.8 Å². The fraction of sp³-hybridized carbons (Fsp3) is 0.206. The Hall–Kier alpha value is -3.66. The zero-order chi connectivity index (χ0) is 37.7. The largest absolute Gasteiger partial charge is 0.486 e. The third-order valence-corrected chi connectivity index (χ3v) is 5.88. The van der Waals surface area contributed by atoms with Crippen LogP contribution in [-0.4, -0.2) is 15.0 Å².